The Morgan fingerprint density at radius 1 is 1.19 bits per heavy atom. The highest BCUT2D eigenvalue weighted by molar-refractivity contribution is 5.98. The molecule has 2 aromatic rings. The third-order valence-corrected chi connectivity index (χ3v) is 3.33. The number of nitrogens with two attached hydrogens (primary N) is 1. The van der Waals surface area contributed by atoms with E-state index in [0.29, 0.717) is 12.2 Å². The smallest absolute Gasteiger partial charge is 0.338 e. The van der Waals surface area contributed by atoms with Crippen molar-refractivity contribution in [3.8, 4) is 11.1 Å². The quantitative estimate of drug-likeness (QED) is 0.514. The summed E-state index contributed by atoms with van der Waals surface area (Å²) in [5.41, 5.74) is 9.76. The maximum absolute atomic E-state index is 11.6. The van der Waals surface area contributed by atoms with E-state index in [1.165, 1.54) is 0 Å². The minimum absolute atomic E-state index is 0.0532. The Kier molecular flexibility index (Phi) is 4.38. The van der Waals surface area contributed by atoms with Crippen LogP contribution in [0, 0.1) is 12.3 Å². The Balaban J connectivity index is 2.37. The summed E-state index contributed by atoms with van der Waals surface area (Å²) in [4.78, 5) is 11.6. The maximum Gasteiger partial charge on any atom is 0.338 e. The van der Waals surface area contributed by atoms with Crippen molar-refractivity contribution in [1.29, 1.82) is 5.41 Å². The zero-order valence-electron chi connectivity index (χ0n) is 12.1. The zero-order chi connectivity index (χ0) is 15.4. The van der Waals surface area contributed by atoms with Crippen molar-refractivity contribution in [2.45, 2.75) is 13.8 Å². The van der Waals surface area contributed by atoms with E-state index in [-0.39, 0.29) is 11.8 Å². The molecule has 3 N–H and O–H groups in total. The topological polar surface area (TPSA) is 76.2 Å². The highest BCUT2D eigenvalue weighted by Gasteiger charge is 2.10. The van der Waals surface area contributed by atoms with Crippen molar-refractivity contribution in [1.82, 2.24) is 0 Å². The molecule has 108 valence electrons. The second-order valence-corrected chi connectivity index (χ2v) is 4.69. The van der Waals surface area contributed by atoms with Crippen LogP contribution in [0.1, 0.15) is 28.4 Å². The molecule has 0 fully saturated rings. The highest BCUT2D eigenvalue weighted by Crippen LogP contribution is 2.26. The lowest BCUT2D eigenvalue weighted by Crippen LogP contribution is -2.13. The van der Waals surface area contributed by atoms with Crippen molar-refractivity contribution in [3.63, 3.8) is 0 Å². The number of carbonyl (C=O) groups is 1. The first kappa shape index (κ1) is 14.8. The van der Waals surface area contributed by atoms with Gasteiger partial charge >= 0.3 is 5.97 Å². The number of benzene rings is 2. The first-order valence-corrected chi connectivity index (χ1v) is 6.76. The molecular weight excluding hydrogens is 264 g/mol. The summed E-state index contributed by atoms with van der Waals surface area (Å²) in [5.74, 6) is -0.268. The Bertz CT molecular complexity index is 676. The number of rotatable bonds is 4. The van der Waals surface area contributed by atoms with Gasteiger partial charge in [-0.1, -0.05) is 30.3 Å². The summed E-state index contributed by atoms with van der Waals surface area (Å²) in [6.45, 7) is 4.08. The zero-order valence-corrected chi connectivity index (χ0v) is 12.1. The van der Waals surface area contributed by atoms with Gasteiger partial charge in [0.1, 0.15) is 5.84 Å². The van der Waals surface area contributed by atoms with Crippen molar-refractivity contribution < 1.29 is 9.53 Å². The molecule has 0 unspecified atom stereocenters. The fourth-order valence-corrected chi connectivity index (χ4v) is 2.24. The summed E-state index contributed by atoms with van der Waals surface area (Å²) < 4.78 is 4.96. The summed E-state index contributed by atoms with van der Waals surface area (Å²) in [6, 6.07) is 12.9. The van der Waals surface area contributed by atoms with Gasteiger partial charge in [0.2, 0.25) is 0 Å². The summed E-state index contributed by atoms with van der Waals surface area (Å²) >= 11 is 0. The molecule has 0 radical (unpaired) electrons. The number of nitrogen functional groups attached to an aromatic ring is 1. The normalized spacial score (nSPS) is 10.2. The molecule has 2 rings (SSSR count). The lowest BCUT2D eigenvalue weighted by molar-refractivity contribution is 0.0526. The van der Waals surface area contributed by atoms with Gasteiger partial charge in [0.15, 0.2) is 0 Å². The highest BCUT2D eigenvalue weighted by atomic mass is 16.5. The van der Waals surface area contributed by atoms with Crippen LogP contribution in [0.15, 0.2) is 42.5 Å². The van der Waals surface area contributed by atoms with Gasteiger partial charge in [0, 0.05) is 5.56 Å². The van der Waals surface area contributed by atoms with E-state index in [0.717, 1.165) is 22.3 Å². The van der Waals surface area contributed by atoms with Crippen LogP contribution in [-0.2, 0) is 4.74 Å². The molecule has 0 spiro atoms. The summed E-state index contributed by atoms with van der Waals surface area (Å²) in [7, 11) is 0. The third-order valence-electron chi connectivity index (χ3n) is 3.33. The van der Waals surface area contributed by atoms with Crippen LogP contribution in [0.25, 0.3) is 11.1 Å². The minimum atomic E-state index is -0.321. The van der Waals surface area contributed by atoms with E-state index < -0.39 is 0 Å². The van der Waals surface area contributed by atoms with E-state index in [1.807, 2.05) is 37.3 Å². The SMILES string of the molecule is CCOC(=O)c1ccc(-c2cccc(C(=N)N)c2C)cc1. The van der Waals surface area contributed by atoms with Crippen LogP contribution in [0.5, 0.6) is 0 Å². The number of nitrogens with one attached hydrogen (secondary N) is 1. The number of ether oxygens (including phenoxy) is 1. The third kappa shape index (κ3) is 3.11. The maximum atomic E-state index is 11.6. The number of esters is 1. The molecule has 4 nitrogen and oxygen atoms in total. The van der Waals surface area contributed by atoms with Gasteiger partial charge in [-0.2, -0.15) is 0 Å². The fourth-order valence-electron chi connectivity index (χ4n) is 2.24. The van der Waals surface area contributed by atoms with E-state index in [9.17, 15) is 4.79 Å². The standard InChI is InChI=1S/C17H18N2O2/c1-3-21-17(20)13-9-7-12(8-10-13)14-5-4-6-15(11(14)2)16(18)19/h4-10H,3H2,1-2H3,(H3,18,19). The average Bonchev–Trinajstić information content (AvgIpc) is 2.47. The van der Waals surface area contributed by atoms with Crippen molar-refractivity contribution in [3.05, 3.63) is 59.2 Å². The molecule has 0 aliphatic heterocycles. The van der Waals surface area contributed by atoms with Gasteiger partial charge in [-0.05, 0) is 42.7 Å². The van der Waals surface area contributed by atoms with E-state index >= 15 is 0 Å². The molecule has 0 heterocycles. The van der Waals surface area contributed by atoms with Gasteiger partial charge in [-0.25, -0.2) is 4.79 Å². The van der Waals surface area contributed by atoms with Crippen molar-refractivity contribution in [2.75, 3.05) is 6.61 Å². The predicted molar refractivity (Wildman–Crippen MR) is 83.6 cm³/mol. The van der Waals surface area contributed by atoms with Gasteiger partial charge < -0.3 is 10.5 Å². The molecule has 0 aliphatic rings. The molecule has 0 amide bonds. The molecule has 0 saturated carbocycles. The molecule has 4 heteroatoms. The second kappa shape index (κ2) is 6.22. The van der Waals surface area contributed by atoms with Crippen LogP contribution in [0.3, 0.4) is 0 Å². The molecule has 0 atom stereocenters. The van der Waals surface area contributed by atoms with E-state index in [4.69, 9.17) is 15.9 Å². The van der Waals surface area contributed by atoms with E-state index in [2.05, 4.69) is 0 Å². The average molecular weight is 282 g/mol. The van der Waals surface area contributed by atoms with Crippen LogP contribution >= 0.6 is 0 Å². The van der Waals surface area contributed by atoms with Gasteiger partial charge in [-0.15, -0.1) is 0 Å². The van der Waals surface area contributed by atoms with E-state index in [1.54, 1.807) is 19.1 Å². The van der Waals surface area contributed by atoms with Crippen LogP contribution in [-0.4, -0.2) is 18.4 Å². The molecule has 2 aromatic carbocycles. The molecule has 0 aliphatic carbocycles. The second-order valence-electron chi connectivity index (χ2n) is 4.69. The molecule has 0 bridgehead atoms. The predicted octanol–water partition coefficient (Wildman–Crippen LogP) is 3.12. The van der Waals surface area contributed by atoms with Gasteiger partial charge in [0.25, 0.3) is 0 Å². The number of carbonyl (C=O) groups excluding carboxylic acids is 1. The minimum Gasteiger partial charge on any atom is -0.462 e. The first-order valence-electron chi connectivity index (χ1n) is 6.76. The Hall–Kier alpha value is -2.62. The Labute approximate surface area is 124 Å². The van der Waals surface area contributed by atoms with Gasteiger partial charge in [0.05, 0.1) is 12.2 Å². The lowest BCUT2D eigenvalue weighted by atomic mass is 9.95. The number of hydrogen-bond donors (Lipinski definition) is 2. The molecular formula is C17H18N2O2. The number of hydrogen-bond acceptors (Lipinski definition) is 3. The summed E-state index contributed by atoms with van der Waals surface area (Å²) in [5, 5.41) is 7.59. The van der Waals surface area contributed by atoms with Crippen LogP contribution < -0.4 is 5.73 Å². The fraction of sp³-hybridized carbons (Fsp3) is 0.176. The van der Waals surface area contributed by atoms with Crippen molar-refractivity contribution >= 4 is 11.8 Å². The molecule has 0 saturated heterocycles. The monoisotopic (exact) mass is 282 g/mol. The lowest BCUT2D eigenvalue weighted by Gasteiger charge is -2.11. The molecule has 21 heavy (non-hydrogen) atoms. The number of amidine groups is 1. The molecule has 0 aromatic heterocycles. The first-order chi connectivity index (χ1) is 10.0. The summed E-state index contributed by atoms with van der Waals surface area (Å²) in [6.07, 6.45) is 0. The Morgan fingerprint density at radius 3 is 2.43 bits per heavy atom. The largest absolute Gasteiger partial charge is 0.462 e. The van der Waals surface area contributed by atoms with Crippen LogP contribution in [0.2, 0.25) is 0 Å². The van der Waals surface area contributed by atoms with Gasteiger partial charge in [-0.3, -0.25) is 5.41 Å². The van der Waals surface area contributed by atoms with Crippen molar-refractivity contribution in [2.24, 2.45) is 5.73 Å². The Morgan fingerprint density at radius 2 is 1.86 bits per heavy atom. The van der Waals surface area contributed by atoms with Crippen LogP contribution in [0.4, 0.5) is 0 Å².